The van der Waals surface area contributed by atoms with Crippen molar-refractivity contribution < 1.29 is 18.7 Å². The number of oxazole rings is 1. The summed E-state index contributed by atoms with van der Waals surface area (Å²) in [6.45, 7) is 2.73. The third-order valence-electron chi connectivity index (χ3n) is 4.03. The summed E-state index contributed by atoms with van der Waals surface area (Å²) in [7, 11) is 1.64. The number of benzene rings is 2. The molecule has 0 fully saturated rings. The van der Waals surface area contributed by atoms with E-state index in [-0.39, 0.29) is 0 Å². The molecule has 0 spiro atoms. The number of carbonyl (C=O) groups is 1. The minimum Gasteiger partial charge on any atom is -0.497 e. The van der Waals surface area contributed by atoms with E-state index in [4.69, 9.17) is 19.6 Å². The van der Waals surface area contributed by atoms with E-state index in [1.165, 1.54) is 0 Å². The van der Waals surface area contributed by atoms with Gasteiger partial charge in [0.1, 0.15) is 23.8 Å². The molecule has 3 N–H and O–H groups in total. The highest BCUT2D eigenvalue weighted by Gasteiger charge is 2.17. The number of ether oxygens (including phenoxy) is 2. The molecule has 8 heteroatoms. The van der Waals surface area contributed by atoms with Crippen LogP contribution in [-0.2, 0) is 0 Å². The van der Waals surface area contributed by atoms with E-state index in [2.05, 4.69) is 17.2 Å². The Morgan fingerprint density at radius 1 is 1.10 bits per heavy atom. The van der Waals surface area contributed by atoms with Crippen molar-refractivity contribution in [2.24, 2.45) is 5.73 Å². The Morgan fingerprint density at radius 3 is 2.38 bits per heavy atom. The number of nitrogens with zero attached hydrogens (tertiary/aromatic N) is 1. The van der Waals surface area contributed by atoms with E-state index in [9.17, 15) is 4.79 Å². The van der Waals surface area contributed by atoms with Crippen molar-refractivity contribution in [1.82, 2.24) is 10.3 Å². The second-order valence-corrected chi connectivity index (χ2v) is 7.20. The first-order valence-corrected chi connectivity index (χ1v) is 10.1. The van der Waals surface area contributed by atoms with E-state index in [1.807, 2.05) is 48.5 Å². The number of hydrogen-bond acceptors (Lipinski definition) is 6. The Kier molecular flexibility index (Phi) is 7.02. The molecular formula is C21H23N3O4S. The second-order valence-electron chi connectivity index (χ2n) is 5.98. The molecule has 1 heterocycles. The van der Waals surface area contributed by atoms with Gasteiger partial charge in [-0.05, 0) is 54.3 Å². The lowest BCUT2D eigenvalue weighted by atomic mass is 10.1. The second kappa shape index (κ2) is 9.88. The molecular weight excluding hydrogens is 390 g/mol. The summed E-state index contributed by atoms with van der Waals surface area (Å²) in [5, 5.41) is 3.11. The number of urea groups is 1. The van der Waals surface area contributed by atoms with Gasteiger partial charge in [-0.2, -0.15) is 0 Å². The topological polar surface area (TPSA) is 99.6 Å². The van der Waals surface area contributed by atoms with Gasteiger partial charge in [-0.15, -0.1) is 0 Å². The predicted octanol–water partition coefficient (Wildman–Crippen LogP) is 4.18. The SMILES string of the molecule is CCSc1nc(-c2ccc(OC)cc2)c(-c2ccc(OCCNC(N)=O)cc2)o1. The molecule has 0 aliphatic heterocycles. The summed E-state index contributed by atoms with van der Waals surface area (Å²) in [6.07, 6.45) is 0. The van der Waals surface area contributed by atoms with Crippen molar-refractivity contribution in [2.45, 2.75) is 12.1 Å². The molecule has 0 saturated carbocycles. The number of thioether (sulfide) groups is 1. The summed E-state index contributed by atoms with van der Waals surface area (Å²) in [4.78, 5) is 15.3. The number of nitrogens with two attached hydrogens (primary N) is 1. The molecule has 0 saturated heterocycles. The van der Waals surface area contributed by atoms with Gasteiger partial charge in [0, 0.05) is 11.1 Å². The molecule has 3 rings (SSSR count). The molecule has 3 aromatic rings. The van der Waals surface area contributed by atoms with Crippen LogP contribution in [0.3, 0.4) is 0 Å². The van der Waals surface area contributed by atoms with Gasteiger partial charge in [-0.25, -0.2) is 9.78 Å². The minimum absolute atomic E-state index is 0.332. The van der Waals surface area contributed by atoms with Gasteiger partial charge in [-0.1, -0.05) is 18.7 Å². The highest BCUT2D eigenvalue weighted by molar-refractivity contribution is 7.99. The average Bonchev–Trinajstić information content (AvgIpc) is 3.16. The van der Waals surface area contributed by atoms with Crippen LogP contribution in [-0.4, -0.2) is 37.0 Å². The average molecular weight is 413 g/mol. The molecule has 7 nitrogen and oxygen atoms in total. The number of primary amides is 1. The van der Waals surface area contributed by atoms with E-state index in [1.54, 1.807) is 18.9 Å². The Balaban J connectivity index is 1.82. The maximum Gasteiger partial charge on any atom is 0.312 e. The lowest BCUT2D eigenvalue weighted by Gasteiger charge is -2.07. The van der Waals surface area contributed by atoms with Crippen LogP contribution in [0.5, 0.6) is 11.5 Å². The van der Waals surface area contributed by atoms with Gasteiger partial charge in [0.15, 0.2) is 5.76 Å². The summed E-state index contributed by atoms with van der Waals surface area (Å²) in [5.41, 5.74) is 7.65. The summed E-state index contributed by atoms with van der Waals surface area (Å²) in [6, 6.07) is 14.7. The van der Waals surface area contributed by atoms with Crippen LogP contribution in [0.25, 0.3) is 22.6 Å². The van der Waals surface area contributed by atoms with E-state index in [0.29, 0.717) is 29.9 Å². The Hall–Kier alpha value is -3.13. The van der Waals surface area contributed by atoms with Gasteiger partial charge in [0.25, 0.3) is 5.22 Å². The first-order chi connectivity index (χ1) is 14.1. The van der Waals surface area contributed by atoms with Crippen molar-refractivity contribution in [3.8, 4) is 34.1 Å². The summed E-state index contributed by atoms with van der Waals surface area (Å²) >= 11 is 1.55. The minimum atomic E-state index is -0.568. The zero-order chi connectivity index (χ0) is 20.6. The largest absolute Gasteiger partial charge is 0.497 e. The zero-order valence-electron chi connectivity index (χ0n) is 16.3. The Morgan fingerprint density at radius 2 is 1.76 bits per heavy atom. The Bertz CT molecular complexity index is 940. The van der Waals surface area contributed by atoms with Gasteiger partial charge in [0.05, 0.1) is 13.7 Å². The predicted molar refractivity (Wildman–Crippen MR) is 113 cm³/mol. The fourth-order valence-corrected chi connectivity index (χ4v) is 3.22. The van der Waals surface area contributed by atoms with Crippen LogP contribution in [0.15, 0.2) is 58.2 Å². The number of amides is 2. The quantitative estimate of drug-likeness (QED) is 0.403. The smallest absolute Gasteiger partial charge is 0.312 e. The summed E-state index contributed by atoms with van der Waals surface area (Å²) < 4.78 is 16.9. The lowest BCUT2D eigenvalue weighted by molar-refractivity contribution is 0.244. The molecule has 0 aliphatic rings. The van der Waals surface area contributed by atoms with E-state index >= 15 is 0 Å². The maximum atomic E-state index is 10.7. The van der Waals surface area contributed by atoms with Crippen LogP contribution in [0.1, 0.15) is 6.92 Å². The van der Waals surface area contributed by atoms with Gasteiger partial charge in [-0.3, -0.25) is 0 Å². The highest BCUT2D eigenvalue weighted by Crippen LogP contribution is 2.36. The van der Waals surface area contributed by atoms with Crippen LogP contribution < -0.4 is 20.5 Å². The number of aromatic nitrogens is 1. The molecule has 1 aromatic heterocycles. The number of methoxy groups -OCH3 is 1. The maximum absolute atomic E-state index is 10.7. The van der Waals surface area contributed by atoms with Crippen molar-refractivity contribution in [2.75, 3.05) is 26.0 Å². The van der Waals surface area contributed by atoms with Crippen LogP contribution >= 0.6 is 11.8 Å². The molecule has 29 heavy (non-hydrogen) atoms. The van der Waals surface area contributed by atoms with Crippen molar-refractivity contribution >= 4 is 17.8 Å². The Labute approximate surface area is 173 Å². The molecule has 152 valence electrons. The van der Waals surface area contributed by atoms with Gasteiger partial charge >= 0.3 is 6.03 Å². The molecule has 2 aromatic carbocycles. The van der Waals surface area contributed by atoms with Crippen LogP contribution in [0.4, 0.5) is 4.79 Å². The standard InChI is InChI=1S/C21H23N3O4S/c1-3-29-21-24-18(14-4-8-16(26-2)9-5-14)19(28-21)15-6-10-17(11-7-15)27-13-12-23-20(22)25/h4-11H,3,12-13H2,1-2H3,(H3,22,23,25). The molecule has 0 atom stereocenters. The number of carbonyl (C=O) groups excluding carboxylic acids is 1. The first kappa shape index (κ1) is 20.6. The van der Waals surface area contributed by atoms with Crippen LogP contribution in [0.2, 0.25) is 0 Å². The van der Waals surface area contributed by atoms with Crippen molar-refractivity contribution in [1.29, 1.82) is 0 Å². The number of rotatable bonds is 9. The van der Waals surface area contributed by atoms with Crippen molar-refractivity contribution in [3.63, 3.8) is 0 Å². The lowest BCUT2D eigenvalue weighted by Crippen LogP contribution is -2.32. The fourth-order valence-electron chi connectivity index (χ4n) is 2.67. The molecule has 0 radical (unpaired) electrons. The first-order valence-electron chi connectivity index (χ1n) is 9.15. The zero-order valence-corrected chi connectivity index (χ0v) is 17.1. The summed E-state index contributed by atoms with van der Waals surface area (Å²) in [5.74, 6) is 3.05. The normalized spacial score (nSPS) is 10.6. The van der Waals surface area contributed by atoms with E-state index < -0.39 is 6.03 Å². The fraction of sp³-hybridized carbons (Fsp3) is 0.238. The van der Waals surface area contributed by atoms with Gasteiger partial charge < -0.3 is 24.9 Å². The molecule has 2 amide bonds. The van der Waals surface area contributed by atoms with Crippen LogP contribution in [0, 0.1) is 0 Å². The molecule has 0 bridgehead atoms. The van der Waals surface area contributed by atoms with Crippen molar-refractivity contribution in [3.05, 3.63) is 48.5 Å². The molecule has 0 unspecified atom stereocenters. The van der Waals surface area contributed by atoms with Gasteiger partial charge in [0.2, 0.25) is 0 Å². The van der Waals surface area contributed by atoms with E-state index in [0.717, 1.165) is 28.3 Å². The third kappa shape index (κ3) is 5.45. The highest BCUT2D eigenvalue weighted by atomic mass is 32.2. The molecule has 0 aliphatic carbocycles. The number of hydrogen-bond donors (Lipinski definition) is 2. The number of nitrogens with one attached hydrogen (secondary N) is 1. The third-order valence-corrected chi connectivity index (χ3v) is 4.74. The monoisotopic (exact) mass is 413 g/mol.